The summed E-state index contributed by atoms with van der Waals surface area (Å²) in [5.74, 6) is 0.541. The van der Waals surface area contributed by atoms with Crippen LogP contribution in [-0.2, 0) is 11.2 Å². The first-order valence-electron chi connectivity index (χ1n) is 13.3. The van der Waals surface area contributed by atoms with Crippen LogP contribution < -0.4 is 20.9 Å². The topological polar surface area (TPSA) is 90.6 Å². The molecule has 3 aromatic carbocycles. The highest BCUT2D eigenvalue weighted by Gasteiger charge is 2.39. The fourth-order valence-corrected chi connectivity index (χ4v) is 5.78. The van der Waals surface area contributed by atoms with Crippen molar-refractivity contribution in [3.8, 4) is 0 Å². The summed E-state index contributed by atoms with van der Waals surface area (Å²) in [6, 6.07) is 20.3. The zero-order chi connectivity index (χ0) is 28.5. The number of fused-ring (bicyclic) bond motifs is 1. The van der Waals surface area contributed by atoms with E-state index in [0.717, 1.165) is 59.3 Å². The molecule has 41 heavy (non-hydrogen) atoms. The lowest BCUT2D eigenvalue weighted by Gasteiger charge is -2.38. The van der Waals surface area contributed by atoms with E-state index >= 15 is 0 Å². The van der Waals surface area contributed by atoms with Crippen LogP contribution in [0.15, 0.2) is 72.9 Å². The molecule has 0 saturated carbocycles. The summed E-state index contributed by atoms with van der Waals surface area (Å²) >= 11 is 18.5. The van der Waals surface area contributed by atoms with Gasteiger partial charge in [0.05, 0.1) is 12.4 Å². The summed E-state index contributed by atoms with van der Waals surface area (Å²) < 4.78 is 0. The second kappa shape index (κ2) is 11.7. The van der Waals surface area contributed by atoms with E-state index in [9.17, 15) is 4.79 Å². The summed E-state index contributed by atoms with van der Waals surface area (Å²) in [6.07, 6.45) is 2.26. The molecule has 1 unspecified atom stereocenters. The Balaban J connectivity index is 1.15. The fourth-order valence-electron chi connectivity index (χ4n) is 5.29. The van der Waals surface area contributed by atoms with Crippen LogP contribution in [0.1, 0.15) is 22.7 Å². The number of hydrogen-bond donors (Lipinski definition) is 2. The number of halogens is 3. The molecule has 3 N–H and O–H groups in total. The predicted octanol–water partition coefficient (Wildman–Crippen LogP) is 5.89. The largest absolute Gasteiger partial charge is 0.383 e. The van der Waals surface area contributed by atoms with Crippen LogP contribution in [0.3, 0.4) is 0 Å². The minimum absolute atomic E-state index is 0.0908. The van der Waals surface area contributed by atoms with Gasteiger partial charge in [-0.1, -0.05) is 53.0 Å². The third kappa shape index (κ3) is 6.06. The number of nitrogens with zero attached hydrogens (tertiary/aromatic N) is 5. The lowest BCUT2D eigenvalue weighted by Crippen LogP contribution is -2.51. The summed E-state index contributed by atoms with van der Waals surface area (Å²) in [5, 5.41) is 5.16. The molecule has 11 heteroatoms. The number of nitrogens with two attached hydrogens (primary N) is 1. The van der Waals surface area contributed by atoms with Crippen molar-refractivity contribution in [1.82, 2.24) is 14.9 Å². The number of nitrogens with one attached hydrogen (secondary N) is 1. The van der Waals surface area contributed by atoms with Gasteiger partial charge in [0.1, 0.15) is 11.9 Å². The van der Waals surface area contributed by atoms with Crippen molar-refractivity contribution in [2.75, 3.05) is 53.7 Å². The van der Waals surface area contributed by atoms with Crippen molar-refractivity contribution >= 4 is 63.9 Å². The highest BCUT2D eigenvalue weighted by Crippen LogP contribution is 2.39. The van der Waals surface area contributed by atoms with Crippen molar-refractivity contribution < 1.29 is 4.79 Å². The molecule has 1 fully saturated rings. The SMILES string of the molecule is Nc1nc(NC2C(=O)N(CN3CCN(c4cccc(Cl)c4)CC3)c3ccc(Cl)cc32)ncc1Cc1ccc(Cl)cc1. The second-order valence-electron chi connectivity index (χ2n) is 10.2. The predicted molar refractivity (Wildman–Crippen MR) is 166 cm³/mol. The monoisotopic (exact) mass is 607 g/mol. The van der Waals surface area contributed by atoms with Crippen LogP contribution in [0.2, 0.25) is 15.1 Å². The number of amides is 1. The number of anilines is 4. The first kappa shape index (κ1) is 27.6. The lowest BCUT2D eigenvalue weighted by molar-refractivity contribution is -0.119. The molecular weight excluding hydrogens is 581 g/mol. The van der Waals surface area contributed by atoms with Crippen LogP contribution in [0, 0.1) is 0 Å². The summed E-state index contributed by atoms with van der Waals surface area (Å²) in [5.41, 5.74) is 10.8. The quantitative estimate of drug-likeness (QED) is 0.270. The lowest BCUT2D eigenvalue weighted by atomic mass is 10.1. The minimum atomic E-state index is -0.682. The molecule has 1 saturated heterocycles. The number of carbonyl (C=O) groups excluding carboxylic acids is 1. The molecule has 1 aromatic heterocycles. The average Bonchev–Trinajstić information content (AvgIpc) is 3.21. The molecule has 0 aliphatic carbocycles. The summed E-state index contributed by atoms with van der Waals surface area (Å²) in [4.78, 5) is 29.1. The van der Waals surface area contributed by atoms with Gasteiger partial charge in [0, 0.05) is 70.7 Å². The number of carbonyl (C=O) groups is 1. The van der Waals surface area contributed by atoms with Gasteiger partial charge in [-0.2, -0.15) is 4.98 Å². The highest BCUT2D eigenvalue weighted by atomic mass is 35.5. The van der Waals surface area contributed by atoms with E-state index in [1.54, 1.807) is 17.2 Å². The summed E-state index contributed by atoms with van der Waals surface area (Å²) in [6.45, 7) is 3.77. The van der Waals surface area contributed by atoms with Gasteiger partial charge in [-0.25, -0.2) is 4.98 Å². The van der Waals surface area contributed by atoms with E-state index in [2.05, 4.69) is 31.2 Å². The zero-order valence-corrected chi connectivity index (χ0v) is 24.4. The van der Waals surface area contributed by atoms with Gasteiger partial charge in [0.25, 0.3) is 5.91 Å². The van der Waals surface area contributed by atoms with Gasteiger partial charge >= 0.3 is 0 Å². The molecule has 4 aromatic rings. The van der Waals surface area contributed by atoms with Gasteiger partial charge < -0.3 is 16.0 Å². The Morgan fingerprint density at radius 2 is 1.63 bits per heavy atom. The number of piperazine rings is 1. The van der Waals surface area contributed by atoms with Gasteiger partial charge in [-0.05, 0) is 54.1 Å². The molecule has 3 heterocycles. The minimum Gasteiger partial charge on any atom is -0.383 e. The molecule has 2 aliphatic rings. The number of nitrogen functional groups attached to an aromatic ring is 1. The Morgan fingerprint density at radius 3 is 2.37 bits per heavy atom. The van der Waals surface area contributed by atoms with Crippen LogP contribution in [-0.4, -0.2) is 53.6 Å². The van der Waals surface area contributed by atoms with Gasteiger partial charge in [0.15, 0.2) is 0 Å². The standard InChI is InChI=1S/C30H28Cl3N7O/c31-21-6-4-19(5-7-21)14-20-17-35-30(37-28(20)34)36-27-25-16-23(33)8-9-26(25)40(29(27)41)18-38-10-12-39(13-11-38)24-3-1-2-22(32)15-24/h1-9,15-17,27H,10-14,18H2,(H3,34,35,36,37). The molecule has 2 aliphatic heterocycles. The van der Waals surface area contributed by atoms with Crippen LogP contribution in [0.5, 0.6) is 0 Å². The molecule has 0 bridgehead atoms. The number of aromatic nitrogens is 2. The average molecular weight is 609 g/mol. The van der Waals surface area contributed by atoms with Gasteiger partial charge in [-0.3, -0.25) is 14.6 Å². The zero-order valence-electron chi connectivity index (χ0n) is 22.1. The first-order chi connectivity index (χ1) is 19.8. The molecule has 1 atom stereocenters. The normalized spacial score (nSPS) is 17.1. The van der Waals surface area contributed by atoms with Crippen LogP contribution >= 0.6 is 34.8 Å². The molecule has 8 nitrogen and oxygen atoms in total. The first-order valence-corrected chi connectivity index (χ1v) is 14.4. The molecule has 0 spiro atoms. The molecule has 0 radical (unpaired) electrons. The Morgan fingerprint density at radius 1 is 0.902 bits per heavy atom. The van der Waals surface area contributed by atoms with Crippen molar-refractivity contribution in [3.05, 3.63) is 105 Å². The third-order valence-corrected chi connectivity index (χ3v) is 8.19. The molecular formula is C30H28Cl3N7O. The maximum Gasteiger partial charge on any atom is 0.255 e. The van der Waals surface area contributed by atoms with E-state index in [1.165, 1.54) is 0 Å². The second-order valence-corrected chi connectivity index (χ2v) is 11.5. The van der Waals surface area contributed by atoms with E-state index in [4.69, 9.17) is 40.5 Å². The third-order valence-electron chi connectivity index (χ3n) is 7.47. The van der Waals surface area contributed by atoms with Gasteiger partial charge in [-0.15, -0.1) is 0 Å². The van der Waals surface area contributed by atoms with E-state index in [1.807, 2.05) is 54.6 Å². The van der Waals surface area contributed by atoms with E-state index < -0.39 is 6.04 Å². The number of rotatable bonds is 7. The number of hydrogen-bond acceptors (Lipinski definition) is 7. The Labute approximate surface area is 253 Å². The Bertz CT molecular complexity index is 1580. The Hall–Kier alpha value is -3.56. The van der Waals surface area contributed by atoms with Crippen molar-refractivity contribution in [2.45, 2.75) is 12.5 Å². The van der Waals surface area contributed by atoms with E-state index in [-0.39, 0.29) is 11.9 Å². The molecule has 6 rings (SSSR count). The fraction of sp³-hybridized carbons (Fsp3) is 0.233. The summed E-state index contributed by atoms with van der Waals surface area (Å²) in [7, 11) is 0. The van der Waals surface area contributed by atoms with Gasteiger partial charge in [0.2, 0.25) is 5.95 Å². The van der Waals surface area contributed by atoms with E-state index in [0.29, 0.717) is 29.0 Å². The molecule has 210 valence electrons. The van der Waals surface area contributed by atoms with Crippen molar-refractivity contribution in [1.29, 1.82) is 0 Å². The highest BCUT2D eigenvalue weighted by molar-refractivity contribution is 6.31. The maximum atomic E-state index is 13.8. The van der Waals surface area contributed by atoms with Crippen molar-refractivity contribution in [3.63, 3.8) is 0 Å². The van der Waals surface area contributed by atoms with Crippen LogP contribution in [0.4, 0.5) is 23.1 Å². The smallest absolute Gasteiger partial charge is 0.255 e. The molecule has 1 amide bonds. The van der Waals surface area contributed by atoms with Crippen LogP contribution in [0.25, 0.3) is 0 Å². The Kier molecular flexibility index (Phi) is 7.90. The number of benzene rings is 3. The maximum absolute atomic E-state index is 13.8. The van der Waals surface area contributed by atoms with Crippen molar-refractivity contribution in [2.24, 2.45) is 0 Å².